The summed E-state index contributed by atoms with van der Waals surface area (Å²) in [5, 5.41) is 5.31. The molecule has 31 heavy (non-hydrogen) atoms. The molecule has 7 heteroatoms. The molecule has 2 N–H and O–H groups in total. The van der Waals surface area contributed by atoms with Gasteiger partial charge in [-0.3, -0.25) is 9.59 Å². The lowest BCUT2D eigenvalue weighted by Gasteiger charge is -2.33. The molecule has 7 nitrogen and oxygen atoms in total. The highest BCUT2D eigenvalue weighted by Gasteiger charge is 2.18. The molecule has 0 unspecified atom stereocenters. The van der Waals surface area contributed by atoms with Crippen LogP contribution in [0.5, 0.6) is 17.2 Å². The predicted molar refractivity (Wildman–Crippen MR) is 121 cm³/mol. The Labute approximate surface area is 183 Å². The first kappa shape index (κ1) is 22.6. The van der Waals surface area contributed by atoms with Gasteiger partial charge < -0.3 is 25.0 Å². The molecule has 2 aromatic rings. The number of nitrogens with zero attached hydrogens (tertiary/aromatic N) is 1. The highest BCUT2D eigenvalue weighted by atomic mass is 16.5. The lowest BCUT2D eigenvalue weighted by atomic mass is 10.0. The summed E-state index contributed by atoms with van der Waals surface area (Å²) in [6, 6.07) is 14.8. The highest BCUT2D eigenvalue weighted by molar-refractivity contribution is 6.39. The first-order chi connectivity index (χ1) is 15.1. The van der Waals surface area contributed by atoms with E-state index in [-0.39, 0.29) is 0 Å². The number of ether oxygens (including phenoxy) is 2. The van der Waals surface area contributed by atoms with Crippen LogP contribution in [0.25, 0.3) is 0 Å². The Morgan fingerprint density at radius 3 is 2.48 bits per heavy atom. The number of benzene rings is 2. The van der Waals surface area contributed by atoms with E-state index in [9.17, 15) is 9.59 Å². The van der Waals surface area contributed by atoms with Crippen molar-refractivity contribution in [3.8, 4) is 17.2 Å². The van der Waals surface area contributed by atoms with Crippen LogP contribution in [0.3, 0.4) is 0 Å². The smallest absolute Gasteiger partial charge is 0.313 e. The van der Waals surface area contributed by atoms with Crippen LogP contribution in [0.2, 0.25) is 0 Å². The van der Waals surface area contributed by atoms with E-state index < -0.39 is 11.8 Å². The molecule has 0 aliphatic carbocycles. The predicted octanol–water partition coefficient (Wildman–Crippen LogP) is 3.81. The Kier molecular flexibility index (Phi) is 8.29. The van der Waals surface area contributed by atoms with Crippen molar-refractivity contribution < 1.29 is 19.1 Å². The number of carbonyl (C=O) groups is 2. The summed E-state index contributed by atoms with van der Waals surface area (Å²) in [6.45, 7) is 4.79. The van der Waals surface area contributed by atoms with Gasteiger partial charge in [0.25, 0.3) is 0 Å². The summed E-state index contributed by atoms with van der Waals surface area (Å²) in [4.78, 5) is 26.7. The highest BCUT2D eigenvalue weighted by Crippen LogP contribution is 2.31. The van der Waals surface area contributed by atoms with Gasteiger partial charge in [0.15, 0.2) is 11.5 Å². The topological polar surface area (TPSA) is 79.9 Å². The fraction of sp³-hybridized carbons (Fsp3) is 0.417. The minimum absolute atomic E-state index is 0.487. The quantitative estimate of drug-likeness (QED) is 0.497. The van der Waals surface area contributed by atoms with E-state index in [1.807, 2.05) is 24.3 Å². The van der Waals surface area contributed by atoms with E-state index in [1.54, 1.807) is 31.4 Å². The number of para-hydroxylation sites is 2. The Balaban J connectivity index is 1.41. The molecule has 1 atom stereocenters. The van der Waals surface area contributed by atoms with Crippen molar-refractivity contribution in [2.45, 2.75) is 38.6 Å². The van der Waals surface area contributed by atoms with E-state index in [4.69, 9.17) is 9.47 Å². The van der Waals surface area contributed by atoms with Gasteiger partial charge in [0.1, 0.15) is 5.75 Å². The van der Waals surface area contributed by atoms with Gasteiger partial charge in [-0.2, -0.15) is 0 Å². The Bertz CT molecular complexity index is 869. The summed E-state index contributed by atoms with van der Waals surface area (Å²) in [5.41, 5.74) is 0.523. The number of nitrogens with one attached hydrogen (secondary N) is 2. The number of amides is 2. The normalized spacial score (nSPS) is 16.4. The maximum Gasteiger partial charge on any atom is 0.313 e. The molecule has 2 amide bonds. The number of carbonyl (C=O) groups excluding carboxylic acids is 2. The standard InChI is InChI=1S/C24H31N3O4/c1-18-8-5-6-16-27(18)17-7-15-25-23(28)24(29)26-19-11-13-20(14-12-19)31-22-10-4-3-9-21(22)30-2/h3-4,9-14,18H,5-8,15-17H2,1-2H3,(H,25,28)(H,26,29)/t18-/m0/s1. The third-order valence-corrected chi connectivity index (χ3v) is 5.46. The van der Waals surface area contributed by atoms with Crippen LogP contribution in [0.15, 0.2) is 48.5 Å². The molecule has 1 saturated heterocycles. The van der Waals surface area contributed by atoms with Crippen LogP contribution in [-0.2, 0) is 9.59 Å². The minimum Gasteiger partial charge on any atom is -0.493 e. The SMILES string of the molecule is COc1ccccc1Oc1ccc(NC(=O)C(=O)NCCCN2CCCC[C@@H]2C)cc1. The second-order valence-electron chi connectivity index (χ2n) is 7.72. The van der Waals surface area contributed by atoms with Gasteiger partial charge >= 0.3 is 11.8 Å². The van der Waals surface area contributed by atoms with E-state index in [1.165, 1.54) is 19.3 Å². The van der Waals surface area contributed by atoms with Crippen LogP contribution in [-0.4, -0.2) is 49.5 Å². The van der Waals surface area contributed by atoms with Crippen LogP contribution in [0, 0.1) is 0 Å². The number of likely N-dealkylation sites (tertiary alicyclic amines) is 1. The van der Waals surface area contributed by atoms with E-state index in [0.29, 0.717) is 35.5 Å². The van der Waals surface area contributed by atoms with Crippen molar-refractivity contribution >= 4 is 17.5 Å². The van der Waals surface area contributed by atoms with Crippen LogP contribution in [0.1, 0.15) is 32.6 Å². The zero-order chi connectivity index (χ0) is 22.1. The number of methoxy groups -OCH3 is 1. The number of rotatable bonds is 8. The van der Waals surface area contributed by atoms with Crippen molar-refractivity contribution in [2.24, 2.45) is 0 Å². The summed E-state index contributed by atoms with van der Waals surface area (Å²) in [6.07, 6.45) is 4.60. The third-order valence-electron chi connectivity index (χ3n) is 5.46. The molecule has 0 aromatic heterocycles. The average molecular weight is 426 g/mol. The van der Waals surface area contributed by atoms with Crippen LogP contribution in [0.4, 0.5) is 5.69 Å². The molecule has 0 radical (unpaired) electrons. The molecule has 0 bridgehead atoms. The third kappa shape index (κ3) is 6.72. The summed E-state index contributed by atoms with van der Waals surface area (Å²) in [5.74, 6) is 0.524. The van der Waals surface area contributed by atoms with Gasteiger partial charge in [0, 0.05) is 24.8 Å². The molecular formula is C24H31N3O4. The van der Waals surface area contributed by atoms with Gasteiger partial charge in [-0.25, -0.2) is 0 Å². The second kappa shape index (κ2) is 11.4. The van der Waals surface area contributed by atoms with E-state index >= 15 is 0 Å². The molecule has 1 aliphatic rings. The number of piperidine rings is 1. The van der Waals surface area contributed by atoms with Gasteiger partial charge in [0.2, 0.25) is 0 Å². The maximum absolute atomic E-state index is 12.1. The number of hydrogen-bond donors (Lipinski definition) is 2. The first-order valence-corrected chi connectivity index (χ1v) is 10.8. The Morgan fingerprint density at radius 1 is 1.03 bits per heavy atom. The molecule has 2 aromatic carbocycles. The lowest BCUT2D eigenvalue weighted by molar-refractivity contribution is -0.136. The van der Waals surface area contributed by atoms with E-state index in [2.05, 4.69) is 22.5 Å². The van der Waals surface area contributed by atoms with Gasteiger partial charge in [0.05, 0.1) is 7.11 Å². The molecule has 1 aliphatic heterocycles. The Hall–Kier alpha value is -3.06. The molecule has 3 rings (SSSR count). The zero-order valence-electron chi connectivity index (χ0n) is 18.2. The molecule has 1 heterocycles. The fourth-order valence-electron chi connectivity index (χ4n) is 3.68. The molecule has 0 spiro atoms. The fourth-order valence-corrected chi connectivity index (χ4v) is 3.68. The molecule has 166 valence electrons. The lowest BCUT2D eigenvalue weighted by Crippen LogP contribution is -2.40. The molecular weight excluding hydrogens is 394 g/mol. The van der Waals surface area contributed by atoms with Crippen molar-refractivity contribution in [3.63, 3.8) is 0 Å². The van der Waals surface area contributed by atoms with Gasteiger partial charge in [-0.15, -0.1) is 0 Å². The number of anilines is 1. The summed E-state index contributed by atoms with van der Waals surface area (Å²) >= 11 is 0. The molecule has 1 fully saturated rings. The van der Waals surface area contributed by atoms with Gasteiger partial charge in [-0.1, -0.05) is 18.6 Å². The maximum atomic E-state index is 12.1. The zero-order valence-corrected chi connectivity index (χ0v) is 18.2. The van der Waals surface area contributed by atoms with E-state index in [0.717, 1.165) is 19.5 Å². The number of hydrogen-bond acceptors (Lipinski definition) is 5. The second-order valence-corrected chi connectivity index (χ2v) is 7.72. The van der Waals surface area contributed by atoms with Crippen LogP contribution >= 0.6 is 0 Å². The Morgan fingerprint density at radius 2 is 1.77 bits per heavy atom. The van der Waals surface area contributed by atoms with Crippen molar-refractivity contribution in [3.05, 3.63) is 48.5 Å². The first-order valence-electron chi connectivity index (χ1n) is 10.8. The average Bonchev–Trinajstić information content (AvgIpc) is 2.79. The van der Waals surface area contributed by atoms with Crippen LogP contribution < -0.4 is 20.1 Å². The van der Waals surface area contributed by atoms with Crippen molar-refractivity contribution in [2.75, 3.05) is 32.1 Å². The molecule has 0 saturated carbocycles. The summed E-state index contributed by atoms with van der Waals surface area (Å²) in [7, 11) is 1.58. The van der Waals surface area contributed by atoms with Crippen molar-refractivity contribution in [1.29, 1.82) is 0 Å². The van der Waals surface area contributed by atoms with Crippen molar-refractivity contribution in [1.82, 2.24) is 10.2 Å². The largest absolute Gasteiger partial charge is 0.493 e. The summed E-state index contributed by atoms with van der Waals surface area (Å²) < 4.78 is 11.1. The van der Waals surface area contributed by atoms with Gasteiger partial charge in [-0.05, 0) is 69.1 Å². The minimum atomic E-state index is -0.676. The monoisotopic (exact) mass is 425 g/mol.